The molecule has 10 heteroatoms. The van der Waals surface area contributed by atoms with Crippen molar-refractivity contribution in [2.45, 2.75) is 26.4 Å². The minimum atomic E-state index is -0.508. The van der Waals surface area contributed by atoms with Crippen LogP contribution in [0.3, 0.4) is 0 Å². The highest BCUT2D eigenvalue weighted by molar-refractivity contribution is 5.76. The van der Waals surface area contributed by atoms with E-state index >= 15 is 0 Å². The van der Waals surface area contributed by atoms with Gasteiger partial charge in [0.15, 0.2) is 0 Å². The van der Waals surface area contributed by atoms with Gasteiger partial charge in [0.25, 0.3) is 0 Å². The van der Waals surface area contributed by atoms with Crippen LogP contribution in [0.25, 0.3) is 28.0 Å². The Hall–Kier alpha value is -4.39. The van der Waals surface area contributed by atoms with E-state index in [-0.39, 0.29) is 6.09 Å². The van der Waals surface area contributed by atoms with Crippen LogP contribution in [0.2, 0.25) is 0 Å². The molecule has 0 aromatic carbocycles. The van der Waals surface area contributed by atoms with E-state index in [1.807, 2.05) is 75.1 Å². The fraction of sp³-hybridized carbons (Fsp3) is 0.346. The zero-order valence-electron chi connectivity index (χ0n) is 20.8. The molecule has 1 aliphatic rings. The van der Waals surface area contributed by atoms with E-state index in [1.165, 1.54) is 0 Å². The highest BCUT2D eigenvalue weighted by Gasteiger charge is 2.26. The van der Waals surface area contributed by atoms with Crippen LogP contribution >= 0.6 is 0 Å². The molecule has 1 amide bonds. The third kappa shape index (κ3) is 4.60. The number of hydrogen-bond acceptors (Lipinski definition) is 7. The van der Waals surface area contributed by atoms with Crippen molar-refractivity contribution in [2.24, 2.45) is 7.05 Å². The molecule has 5 heterocycles. The molecule has 1 fully saturated rings. The van der Waals surface area contributed by atoms with Crippen LogP contribution in [0.5, 0.6) is 0 Å². The van der Waals surface area contributed by atoms with Crippen molar-refractivity contribution in [3.05, 3.63) is 54.7 Å². The van der Waals surface area contributed by atoms with Crippen LogP contribution in [0.4, 0.5) is 10.6 Å². The third-order valence-corrected chi connectivity index (χ3v) is 6.06. The standard InChI is InChI=1S/C26H28N8O2/c1-26(2,3)36-25(35)33-9-7-32(8-10-33)23-6-5-18(14-28-23)22-11-19(20-15-30-31(4)17-20)12-24-29-16-21(13-27)34(22)24/h5-6,11-12,14-17H,7-10H2,1-4H3. The minimum Gasteiger partial charge on any atom is -0.444 e. The number of fused-ring (bicyclic) bond motifs is 1. The summed E-state index contributed by atoms with van der Waals surface area (Å²) in [6.45, 7) is 8.11. The lowest BCUT2D eigenvalue weighted by molar-refractivity contribution is 0.0240. The summed E-state index contributed by atoms with van der Waals surface area (Å²) in [5.41, 5.74) is 4.26. The number of nitriles is 1. The van der Waals surface area contributed by atoms with E-state index < -0.39 is 5.60 Å². The summed E-state index contributed by atoms with van der Waals surface area (Å²) >= 11 is 0. The van der Waals surface area contributed by atoms with Gasteiger partial charge < -0.3 is 14.5 Å². The van der Waals surface area contributed by atoms with Crippen molar-refractivity contribution in [3.8, 4) is 28.5 Å². The molecule has 0 unspecified atom stereocenters. The summed E-state index contributed by atoms with van der Waals surface area (Å²) in [6, 6.07) is 10.2. The van der Waals surface area contributed by atoms with E-state index in [0.29, 0.717) is 37.5 Å². The predicted molar refractivity (Wildman–Crippen MR) is 135 cm³/mol. The lowest BCUT2D eigenvalue weighted by atomic mass is 10.1. The first-order chi connectivity index (χ1) is 17.2. The molecule has 36 heavy (non-hydrogen) atoms. The fourth-order valence-electron chi connectivity index (χ4n) is 4.31. The van der Waals surface area contributed by atoms with Crippen molar-refractivity contribution >= 4 is 17.6 Å². The Morgan fingerprint density at radius 1 is 1.00 bits per heavy atom. The second-order valence-corrected chi connectivity index (χ2v) is 9.84. The van der Waals surface area contributed by atoms with Crippen LogP contribution in [-0.4, -0.2) is 66.9 Å². The Balaban J connectivity index is 1.40. The molecule has 0 spiro atoms. The van der Waals surface area contributed by atoms with Crippen molar-refractivity contribution in [3.63, 3.8) is 0 Å². The van der Waals surface area contributed by atoms with E-state index in [2.05, 4.69) is 21.1 Å². The van der Waals surface area contributed by atoms with E-state index in [1.54, 1.807) is 15.8 Å². The highest BCUT2D eigenvalue weighted by atomic mass is 16.6. The molecule has 0 atom stereocenters. The Morgan fingerprint density at radius 2 is 1.78 bits per heavy atom. The van der Waals surface area contributed by atoms with Gasteiger partial charge in [-0.3, -0.25) is 9.08 Å². The molecule has 10 nitrogen and oxygen atoms in total. The van der Waals surface area contributed by atoms with Crippen LogP contribution in [-0.2, 0) is 11.8 Å². The van der Waals surface area contributed by atoms with Crippen molar-refractivity contribution in [1.29, 1.82) is 5.26 Å². The number of piperazine rings is 1. The second-order valence-electron chi connectivity index (χ2n) is 9.84. The summed E-state index contributed by atoms with van der Waals surface area (Å²) in [6.07, 6.45) is 6.87. The minimum absolute atomic E-state index is 0.281. The topological polar surface area (TPSA) is 105 Å². The van der Waals surface area contributed by atoms with Gasteiger partial charge in [0.1, 0.15) is 28.8 Å². The lowest BCUT2D eigenvalue weighted by Crippen LogP contribution is -2.50. The average Bonchev–Trinajstić information content (AvgIpc) is 3.48. The molecular formula is C26H28N8O2. The number of aromatic nitrogens is 5. The summed E-state index contributed by atoms with van der Waals surface area (Å²) in [5, 5.41) is 13.9. The van der Waals surface area contributed by atoms with Crippen LogP contribution in [0.15, 0.2) is 49.1 Å². The number of pyridine rings is 2. The Labute approximate surface area is 209 Å². The molecule has 0 N–H and O–H groups in total. The highest BCUT2D eigenvalue weighted by Crippen LogP contribution is 2.30. The van der Waals surface area contributed by atoms with Crippen molar-refractivity contribution in [1.82, 2.24) is 29.0 Å². The van der Waals surface area contributed by atoms with Gasteiger partial charge in [0.05, 0.1) is 18.1 Å². The summed E-state index contributed by atoms with van der Waals surface area (Å²) in [4.78, 5) is 25.4. The second kappa shape index (κ2) is 9.00. The Morgan fingerprint density at radius 3 is 2.39 bits per heavy atom. The maximum absolute atomic E-state index is 12.4. The molecule has 184 valence electrons. The van der Waals surface area contributed by atoms with Crippen molar-refractivity contribution < 1.29 is 9.53 Å². The Bertz CT molecular complexity index is 1450. The fourth-order valence-corrected chi connectivity index (χ4v) is 4.31. The van der Waals surface area contributed by atoms with Crippen LogP contribution in [0.1, 0.15) is 26.5 Å². The molecule has 0 bridgehead atoms. The number of hydrogen-bond donors (Lipinski definition) is 0. The molecule has 5 rings (SSSR count). The molecule has 0 saturated carbocycles. The third-order valence-electron chi connectivity index (χ3n) is 6.06. The SMILES string of the molecule is Cn1cc(-c2cc(-c3ccc(N4CCN(C(=O)OC(C)(C)C)CC4)nc3)n3c(C#N)cnc3c2)cn1. The monoisotopic (exact) mass is 484 g/mol. The number of carbonyl (C=O) groups is 1. The molecule has 1 saturated heterocycles. The number of nitrogens with zero attached hydrogens (tertiary/aromatic N) is 8. The first kappa shape index (κ1) is 23.4. The van der Waals surface area contributed by atoms with Gasteiger partial charge in [0.2, 0.25) is 0 Å². The van der Waals surface area contributed by atoms with Gasteiger partial charge in [-0.2, -0.15) is 10.4 Å². The smallest absolute Gasteiger partial charge is 0.410 e. The number of carbonyl (C=O) groups excluding carboxylic acids is 1. The quantitative estimate of drug-likeness (QED) is 0.436. The summed E-state index contributed by atoms with van der Waals surface area (Å²) < 4.78 is 9.09. The van der Waals surface area contributed by atoms with E-state index in [9.17, 15) is 10.1 Å². The maximum atomic E-state index is 12.4. The van der Waals surface area contributed by atoms with Gasteiger partial charge in [-0.15, -0.1) is 0 Å². The lowest BCUT2D eigenvalue weighted by Gasteiger charge is -2.36. The van der Waals surface area contributed by atoms with Gasteiger partial charge in [-0.1, -0.05) is 0 Å². The first-order valence-corrected chi connectivity index (χ1v) is 11.8. The van der Waals surface area contributed by atoms with Gasteiger partial charge in [0, 0.05) is 56.7 Å². The van der Waals surface area contributed by atoms with E-state index in [4.69, 9.17) is 9.72 Å². The zero-order valence-corrected chi connectivity index (χ0v) is 20.8. The normalized spacial score (nSPS) is 14.2. The van der Waals surface area contributed by atoms with Gasteiger partial charge in [-0.25, -0.2) is 14.8 Å². The number of imidazole rings is 1. The largest absolute Gasteiger partial charge is 0.444 e. The molecule has 1 aliphatic heterocycles. The molecule has 0 radical (unpaired) electrons. The number of amides is 1. The molecule has 0 aliphatic carbocycles. The molecule has 4 aromatic rings. The first-order valence-electron chi connectivity index (χ1n) is 11.8. The molecule has 4 aromatic heterocycles. The van der Waals surface area contributed by atoms with Crippen LogP contribution in [0, 0.1) is 11.3 Å². The van der Waals surface area contributed by atoms with E-state index in [0.717, 1.165) is 28.2 Å². The number of aryl methyl sites for hydroxylation is 1. The maximum Gasteiger partial charge on any atom is 0.410 e. The number of anilines is 1. The number of rotatable bonds is 3. The summed E-state index contributed by atoms with van der Waals surface area (Å²) in [5.74, 6) is 0.841. The van der Waals surface area contributed by atoms with Gasteiger partial charge >= 0.3 is 6.09 Å². The van der Waals surface area contributed by atoms with Crippen LogP contribution < -0.4 is 4.90 Å². The summed E-state index contributed by atoms with van der Waals surface area (Å²) in [7, 11) is 1.88. The number of ether oxygens (including phenoxy) is 1. The molecular weight excluding hydrogens is 456 g/mol. The Kier molecular flexibility index (Phi) is 5.84. The average molecular weight is 485 g/mol. The zero-order chi connectivity index (χ0) is 25.4. The van der Waals surface area contributed by atoms with Gasteiger partial charge in [-0.05, 0) is 50.6 Å². The van der Waals surface area contributed by atoms with Crippen molar-refractivity contribution in [2.75, 3.05) is 31.1 Å². The predicted octanol–water partition coefficient (Wildman–Crippen LogP) is 3.73.